The minimum atomic E-state index is 0. The molecule has 0 aromatic heterocycles. The molecule has 0 aromatic carbocycles. The maximum Gasteiger partial charge on any atom is 0.230 e. The van der Waals surface area contributed by atoms with Crippen LogP contribution in [0.4, 0.5) is 0 Å². The molecule has 2 saturated carbocycles. The van der Waals surface area contributed by atoms with Crippen LogP contribution in [0.25, 0.3) is 0 Å². The monoisotopic (exact) mass is 306 g/mol. The van der Waals surface area contributed by atoms with Gasteiger partial charge >= 0.3 is 0 Å². The van der Waals surface area contributed by atoms with Crippen LogP contribution in [0.3, 0.4) is 0 Å². The standard InChI is InChI=1S/C14H26N2OS.ClH/c1-2-6-18-9-13(17)16-14-10-4-3-5-11(14)8-12(15)7-10;/h10-12,14H,2-9,15H2,1H3,(H,16,17);1H. The highest BCUT2D eigenvalue weighted by Crippen LogP contribution is 2.39. The molecule has 2 rings (SSSR count). The van der Waals surface area contributed by atoms with Gasteiger partial charge in [0, 0.05) is 12.1 Å². The molecule has 0 radical (unpaired) electrons. The molecule has 0 spiro atoms. The lowest BCUT2D eigenvalue weighted by Gasteiger charge is -2.45. The minimum Gasteiger partial charge on any atom is -0.352 e. The van der Waals surface area contributed by atoms with Crippen LogP contribution in [0, 0.1) is 11.8 Å². The van der Waals surface area contributed by atoms with Crippen molar-refractivity contribution in [3.05, 3.63) is 0 Å². The highest BCUT2D eigenvalue weighted by Gasteiger charge is 2.39. The first-order valence-corrected chi connectivity index (χ1v) is 8.49. The summed E-state index contributed by atoms with van der Waals surface area (Å²) in [6.45, 7) is 2.15. The number of amides is 1. The molecule has 2 atom stereocenters. The number of nitrogens with one attached hydrogen (secondary N) is 1. The van der Waals surface area contributed by atoms with Gasteiger partial charge in [-0.2, -0.15) is 11.8 Å². The number of fused-ring (bicyclic) bond motifs is 2. The summed E-state index contributed by atoms with van der Waals surface area (Å²) in [7, 11) is 0. The zero-order valence-corrected chi connectivity index (χ0v) is 13.4. The SMILES string of the molecule is CCCSCC(=O)NC1C2CCCC1CC(N)C2.Cl. The van der Waals surface area contributed by atoms with Gasteiger partial charge in [0.15, 0.2) is 0 Å². The lowest BCUT2D eigenvalue weighted by molar-refractivity contribution is -0.120. The fourth-order valence-corrected chi connectivity index (χ4v) is 4.26. The largest absolute Gasteiger partial charge is 0.352 e. The summed E-state index contributed by atoms with van der Waals surface area (Å²) in [5.74, 6) is 3.19. The predicted molar refractivity (Wildman–Crippen MR) is 84.8 cm³/mol. The molecule has 2 aliphatic rings. The molecule has 1 amide bonds. The number of carbonyl (C=O) groups excluding carboxylic acids is 1. The first-order chi connectivity index (χ1) is 8.70. The van der Waals surface area contributed by atoms with Gasteiger partial charge in [-0.1, -0.05) is 13.3 Å². The number of hydrogen-bond donors (Lipinski definition) is 2. The van der Waals surface area contributed by atoms with Gasteiger partial charge in [0.25, 0.3) is 0 Å². The van der Waals surface area contributed by atoms with Gasteiger partial charge in [-0.15, -0.1) is 12.4 Å². The number of thioether (sulfide) groups is 1. The number of carbonyl (C=O) groups is 1. The summed E-state index contributed by atoms with van der Waals surface area (Å²) >= 11 is 1.74. The molecular weight excluding hydrogens is 280 g/mol. The third-order valence-corrected chi connectivity index (χ3v) is 5.45. The van der Waals surface area contributed by atoms with Gasteiger partial charge in [0.2, 0.25) is 5.91 Å². The molecule has 112 valence electrons. The average molecular weight is 307 g/mol. The van der Waals surface area contributed by atoms with Gasteiger partial charge in [0.1, 0.15) is 0 Å². The van der Waals surface area contributed by atoms with Crippen LogP contribution < -0.4 is 11.1 Å². The maximum atomic E-state index is 11.9. The van der Waals surface area contributed by atoms with E-state index >= 15 is 0 Å². The second-order valence-corrected chi connectivity index (χ2v) is 6.93. The van der Waals surface area contributed by atoms with E-state index in [4.69, 9.17) is 5.73 Å². The van der Waals surface area contributed by atoms with Crippen molar-refractivity contribution in [3.63, 3.8) is 0 Å². The van der Waals surface area contributed by atoms with Gasteiger partial charge in [-0.05, 0) is 49.7 Å². The minimum absolute atomic E-state index is 0. The summed E-state index contributed by atoms with van der Waals surface area (Å²) in [4.78, 5) is 11.9. The number of rotatable bonds is 5. The van der Waals surface area contributed by atoms with E-state index in [0.29, 0.717) is 29.7 Å². The highest BCUT2D eigenvalue weighted by molar-refractivity contribution is 7.99. The summed E-state index contributed by atoms with van der Waals surface area (Å²) < 4.78 is 0. The second kappa shape index (κ2) is 8.38. The van der Waals surface area contributed by atoms with E-state index in [-0.39, 0.29) is 18.3 Å². The Morgan fingerprint density at radius 1 is 1.32 bits per heavy atom. The van der Waals surface area contributed by atoms with Crippen molar-refractivity contribution in [1.82, 2.24) is 5.32 Å². The molecular formula is C14H27ClN2OS. The predicted octanol–water partition coefficient (Wildman–Crippen LogP) is 2.57. The van der Waals surface area contributed by atoms with Gasteiger partial charge in [-0.25, -0.2) is 0 Å². The normalized spacial score (nSPS) is 33.4. The Balaban J connectivity index is 0.00000180. The summed E-state index contributed by atoms with van der Waals surface area (Å²) in [6, 6.07) is 0.774. The van der Waals surface area contributed by atoms with Crippen molar-refractivity contribution in [1.29, 1.82) is 0 Å². The Morgan fingerprint density at radius 2 is 1.95 bits per heavy atom. The molecule has 3 N–H and O–H groups in total. The van der Waals surface area contributed by atoms with E-state index in [1.165, 1.54) is 19.3 Å². The molecule has 0 saturated heterocycles. The summed E-state index contributed by atoms with van der Waals surface area (Å²) in [5, 5.41) is 3.29. The average Bonchev–Trinajstić information content (AvgIpc) is 2.31. The van der Waals surface area contributed by atoms with Gasteiger partial charge in [0.05, 0.1) is 5.75 Å². The molecule has 0 aromatic rings. The van der Waals surface area contributed by atoms with E-state index < -0.39 is 0 Å². The Labute approximate surface area is 127 Å². The quantitative estimate of drug-likeness (QED) is 0.768. The Hall–Kier alpha value is 0.0700. The van der Waals surface area contributed by atoms with Crippen LogP contribution in [0.5, 0.6) is 0 Å². The summed E-state index contributed by atoms with van der Waals surface area (Å²) in [6.07, 6.45) is 7.15. The number of hydrogen-bond acceptors (Lipinski definition) is 3. The highest BCUT2D eigenvalue weighted by atomic mass is 35.5. The topological polar surface area (TPSA) is 55.1 Å². The van der Waals surface area contributed by atoms with Crippen molar-refractivity contribution in [2.45, 2.75) is 57.5 Å². The lowest BCUT2D eigenvalue weighted by atomic mass is 9.67. The van der Waals surface area contributed by atoms with Crippen molar-refractivity contribution in [3.8, 4) is 0 Å². The maximum absolute atomic E-state index is 11.9. The zero-order chi connectivity index (χ0) is 13.0. The molecule has 2 fully saturated rings. The number of nitrogens with two attached hydrogens (primary N) is 1. The first-order valence-electron chi connectivity index (χ1n) is 7.33. The third-order valence-electron chi connectivity index (χ3n) is 4.29. The van der Waals surface area contributed by atoms with Crippen LogP contribution in [-0.2, 0) is 4.79 Å². The van der Waals surface area contributed by atoms with E-state index in [1.54, 1.807) is 11.8 Å². The molecule has 19 heavy (non-hydrogen) atoms. The lowest BCUT2D eigenvalue weighted by Crippen LogP contribution is -2.54. The summed E-state index contributed by atoms with van der Waals surface area (Å²) in [5.41, 5.74) is 6.10. The fourth-order valence-electron chi connectivity index (χ4n) is 3.56. The van der Waals surface area contributed by atoms with E-state index in [2.05, 4.69) is 12.2 Å². The van der Waals surface area contributed by atoms with Crippen LogP contribution in [-0.4, -0.2) is 29.5 Å². The van der Waals surface area contributed by atoms with Crippen molar-refractivity contribution in [2.75, 3.05) is 11.5 Å². The molecule has 3 nitrogen and oxygen atoms in total. The smallest absolute Gasteiger partial charge is 0.230 e. The van der Waals surface area contributed by atoms with Gasteiger partial charge in [-0.3, -0.25) is 4.79 Å². The van der Waals surface area contributed by atoms with Crippen molar-refractivity contribution in [2.24, 2.45) is 17.6 Å². The molecule has 0 heterocycles. The Bertz CT molecular complexity index is 277. The molecule has 5 heteroatoms. The van der Waals surface area contributed by atoms with Crippen LogP contribution in [0.15, 0.2) is 0 Å². The molecule has 2 aliphatic carbocycles. The third kappa shape index (κ3) is 4.83. The van der Waals surface area contributed by atoms with Crippen LogP contribution >= 0.6 is 24.2 Å². The molecule has 2 unspecified atom stereocenters. The first kappa shape index (κ1) is 17.1. The van der Waals surface area contributed by atoms with Crippen LogP contribution in [0.2, 0.25) is 0 Å². The fraction of sp³-hybridized carbons (Fsp3) is 0.929. The Morgan fingerprint density at radius 3 is 2.53 bits per heavy atom. The van der Waals surface area contributed by atoms with E-state index in [0.717, 1.165) is 25.0 Å². The van der Waals surface area contributed by atoms with Crippen molar-refractivity contribution < 1.29 is 4.79 Å². The van der Waals surface area contributed by atoms with Crippen LogP contribution in [0.1, 0.15) is 45.4 Å². The second-order valence-electron chi connectivity index (χ2n) is 5.83. The molecule has 2 bridgehead atoms. The van der Waals surface area contributed by atoms with E-state index in [1.807, 2.05) is 0 Å². The van der Waals surface area contributed by atoms with Crippen molar-refractivity contribution >= 4 is 30.1 Å². The Kier molecular flexibility index (Phi) is 7.55. The molecule has 0 aliphatic heterocycles. The zero-order valence-electron chi connectivity index (χ0n) is 11.8. The number of halogens is 1. The van der Waals surface area contributed by atoms with E-state index in [9.17, 15) is 4.79 Å². The van der Waals surface area contributed by atoms with Gasteiger partial charge < -0.3 is 11.1 Å².